The van der Waals surface area contributed by atoms with E-state index in [1.807, 2.05) is 30.3 Å². The van der Waals surface area contributed by atoms with E-state index in [4.69, 9.17) is 5.84 Å². The van der Waals surface area contributed by atoms with E-state index in [1.165, 1.54) is 27.4 Å². The number of benzene rings is 2. The Labute approximate surface area is 154 Å². The van der Waals surface area contributed by atoms with Crippen LogP contribution in [-0.4, -0.2) is 39.8 Å². The maximum atomic E-state index is 14.0. The summed E-state index contributed by atoms with van der Waals surface area (Å²) in [6.45, 7) is 0. The molecule has 1 aromatic heterocycles. The molecule has 2 N–H and O–H groups in total. The van der Waals surface area contributed by atoms with Crippen molar-refractivity contribution in [3.05, 3.63) is 66.0 Å². The van der Waals surface area contributed by atoms with E-state index < -0.39 is 11.1 Å². The van der Waals surface area contributed by atoms with Crippen LogP contribution in [0.5, 0.6) is 0 Å². The highest BCUT2D eigenvalue weighted by atomic mass is 32.2. The molecule has 0 bridgehead atoms. The Morgan fingerprint density at radius 2 is 1.77 bits per heavy atom. The zero-order valence-electron chi connectivity index (χ0n) is 14.3. The van der Waals surface area contributed by atoms with Gasteiger partial charge in [0.15, 0.2) is 5.82 Å². The zero-order chi connectivity index (χ0) is 18.7. The van der Waals surface area contributed by atoms with E-state index in [1.54, 1.807) is 32.3 Å². The maximum absolute atomic E-state index is 14.0. The molecule has 0 radical (unpaired) electrons. The molecule has 0 aliphatic carbocycles. The molecule has 0 spiro atoms. The molecular weight excluding hydrogens is 353 g/mol. The fourth-order valence-corrected chi connectivity index (χ4v) is 3.52. The number of rotatable bonds is 5. The quantitative estimate of drug-likeness (QED) is 0.551. The second-order valence-electron chi connectivity index (χ2n) is 5.80. The molecule has 0 saturated heterocycles. The number of aromatic nitrogens is 3. The van der Waals surface area contributed by atoms with Crippen molar-refractivity contribution >= 4 is 17.7 Å². The summed E-state index contributed by atoms with van der Waals surface area (Å²) in [6, 6.07) is 15.5. The summed E-state index contributed by atoms with van der Waals surface area (Å²) in [5, 5.41) is 7.84. The standard InChI is InChI=1S/C18H18FN5OS/c1-23(2)17(25)15(12-8-4-3-5-9-12)26-18-22-21-16(24(18)20)13-10-6-7-11-14(13)19/h3-11,15H,20H2,1-2H3/t15-/m0/s1. The molecule has 1 amide bonds. The van der Waals surface area contributed by atoms with Gasteiger partial charge in [-0.2, -0.15) is 0 Å². The zero-order valence-corrected chi connectivity index (χ0v) is 15.2. The highest BCUT2D eigenvalue weighted by Gasteiger charge is 2.27. The predicted molar refractivity (Wildman–Crippen MR) is 99.3 cm³/mol. The number of nitrogen functional groups attached to an aromatic ring is 1. The Morgan fingerprint density at radius 1 is 1.12 bits per heavy atom. The Morgan fingerprint density at radius 3 is 2.42 bits per heavy atom. The second-order valence-corrected chi connectivity index (χ2v) is 6.87. The Hall–Kier alpha value is -2.87. The van der Waals surface area contributed by atoms with Gasteiger partial charge < -0.3 is 10.7 Å². The van der Waals surface area contributed by atoms with Crippen LogP contribution in [0.4, 0.5) is 4.39 Å². The monoisotopic (exact) mass is 371 g/mol. The van der Waals surface area contributed by atoms with Gasteiger partial charge in [0.25, 0.3) is 0 Å². The summed E-state index contributed by atoms with van der Waals surface area (Å²) in [4.78, 5) is 14.2. The summed E-state index contributed by atoms with van der Waals surface area (Å²) in [7, 11) is 3.38. The lowest BCUT2D eigenvalue weighted by molar-refractivity contribution is -0.128. The van der Waals surface area contributed by atoms with Crippen LogP contribution in [0.2, 0.25) is 0 Å². The summed E-state index contributed by atoms with van der Waals surface area (Å²) < 4.78 is 15.2. The molecule has 1 heterocycles. The minimum Gasteiger partial charge on any atom is -0.348 e. The van der Waals surface area contributed by atoms with Crippen molar-refractivity contribution in [2.24, 2.45) is 0 Å². The van der Waals surface area contributed by atoms with Gasteiger partial charge in [0.1, 0.15) is 11.1 Å². The van der Waals surface area contributed by atoms with E-state index >= 15 is 0 Å². The SMILES string of the molecule is CN(C)C(=O)[C@@H](Sc1nnc(-c2ccccc2F)n1N)c1ccccc1. The number of thioether (sulfide) groups is 1. The maximum Gasteiger partial charge on any atom is 0.240 e. The lowest BCUT2D eigenvalue weighted by atomic mass is 10.1. The number of nitrogens with two attached hydrogens (primary N) is 1. The van der Waals surface area contributed by atoms with Gasteiger partial charge in [-0.3, -0.25) is 4.79 Å². The van der Waals surface area contributed by atoms with Gasteiger partial charge in [0.2, 0.25) is 11.1 Å². The van der Waals surface area contributed by atoms with Gasteiger partial charge >= 0.3 is 0 Å². The lowest BCUT2D eigenvalue weighted by Crippen LogP contribution is -2.27. The van der Waals surface area contributed by atoms with E-state index in [2.05, 4.69) is 10.2 Å². The third-order valence-corrected chi connectivity index (χ3v) is 4.97. The minimum absolute atomic E-state index is 0.100. The molecule has 1 atom stereocenters. The highest BCUT2D eigenvalue weighted by Crippen LogP contribution is 2.36. The lowest BCUT2D eigenvalue weighted by Gasteiger charge is -2.20. The molecule has 0 unspecified atom stereocenters. The van der Waals surface area contributed by atoms with Crippen LogP contribution in [0.15, 0.2) is 59.8 Å². The Balaban J connectivity index is 1.96. The number of carbonyl (C=O) groups excluding carboxylic acids is 1. The Kier molecular flexibility index (Phi) is 5.22. The number of carbonyl (C=O) groups is 1. The first-order chi connectivity index (χ1) is 12.5. The van der Waals surface area contributed by atoms with Gasteiger partial charge in [-0.05, 0) is 17.7 Å². The van der Waals surface area contributed by atoms with Gasteiger partial charge in [-0.25, -0.2) is 9.07 Å². The molecule has 3 rings (SSSR count). The first kappa shape index (κ1) is 17.9. The van der Waals surface area contributed by atoms with Crippen molar-refractivity contribution in [3.63, 3.8) is 0 Å². The van der Waals surface area contributed by atoms with Crippen LogP contribution >= 0.6 is 11.8 Å². The van der Waals surface area contributed by atoms with Crippen molar-refractivity contribution in [1.82, 2.24) is 19.8 Å². The average Bonchev–Trinajstić information content (AvgIpc) is 3.00. The number of halogens is 1. The predicted octanol–water partition coefficient (Wildman–Crippen LogP) is 2.72. The summed E-state index contributed by atoms with van der Waals surface area (Å²) in [5.74, 6) is 5.75. The smallest absolute Gasteiger partial charge is 0.240 e. The molecule has 8 heteroatoms. The fourth-order valence-electron chi connectivity index (χ4n) is 2.41. The third kappa shape index (κ3) is 3.55. The van der Waals surface area contributed by atoms with E-state index in [0.717, 1.165) is 5.56 Å². The summed E-state index contributed by atoms with van der Waals surface area (Å²) in [6.07, 6.45) is 0. The van der Waals surface area contributed by atoms with E-state index in [0.29, 0.717) is 5.16 Å². The first-order valence-corrected chi connectivity index (χ1v) is 8.75. The van der Waals surface area contributed by atoms with Gasteiger partial charge in [-0.1, -0.05) is 54.2 Å². The number of likely N-dealkylation sites (N-methyl/N-ethyl adjacent to an activating group) is 1. The molecule has 0 aliphatic heterocycles. The summed E-state index contributed by atoms with van der Waals surface area (Å²) in [5.41, 5.74) is 1.08. The summed E-state index contributed by atoms with van der Waals surface area (Å²) >= 11 is 1.18. The number of hydrogen-bond donors (Lipinski definition) is 1. The largest absolute Gasteiger partial charge is 0.348 e. The van der Waals surface area contributed by atoms with Crippen LogP contribution < -0.4 is 5.84 Å². The molecule has 3 aromatic rings. The molecule has 6 nitrogen and oxygen atoms in total. The topological polar surface area (TPSA) is 77.0 Å². The van der Waals surface area contributed by atoms with Crippen LogP contribution in [0.3, 0.4) is 0 Å². The molecule has 0 saturated carbocycles. The third-order valence-electron chi connectivity index (χ3n) is 3.77. The second kappa shape index (κ2) is 7.57. The molecule has 0 fully saturated rings. The van der Waals surface area contributed by atoms with Gasteiger partial charge in [-0.15, -0.1) is 10.2 Å². The molecule has 0 aliphatic rings. The van der Waals surface area contributed by atoms with Crippen molar-refractivity contribution in [3.8, 4) is 11.4 Å². The molecular formula is C18H18FN5OS. The number of hydrogen-bond acceptors (Lipinski definition) is 5. The van der Waals surface area contributed by atoms with Crippen molar-refractivity contribution in [1.29, 1.82) is 0 Å². The minimum atomic E-state index is -0.536. The highest BCUT2D eigenvalue weighted by molar-refractivity contribution is 8.00. The van der Waals surface area contributed by atoms with Gasteiger partial charge in [0.05, 0.1) is 5.56 Å². The van der Waals surface area contributed by atoms with Crippen LogP contribution in [0.1, 0.15) is 10.8 Å². The molecule has 134 valence electrons. The normalized spacial score (nSPS) is 12.0. The molecule has 2 aromatic carbocycles. The number of amides is 1. The van der Waals surface area contributed by atoms with Crippen molar-refractivity contribution in [2.45, 2.75) is 10.4 Å². The van der Waals surface area contributed by atoms with Crippen molar-refractivity contribution < 1.29 is 9.18 Å². The van der Waals surface area contributed by atoms with Gasteiger partial charge in [0, 0.05) is 14.1 Å². The van der Waals surface area contributed by atoms with E-state index in [9.17, 15) is 9.18 Å². The number of nitrogens with zero attached hydrogens (tertiary/aromatic N) is 4. The van der Waals surface area contributed by atoms with E-state index in [-0.39, 0.29) is 17.3 Å². The Bertz CT molecular complexity index is 913. The van der Waals surface area contributed by atoms with Crippen LogP contribution in [0.25, 0.3) is 11.4 Å². The van der Waals surface area contributed by atoms with Crippen LogP contribution in [-0.2, 0) is 4.79 Å². The van der Waals surface area contributed by atoms with Crippen molar-refractivity contribution in [2.75, 3.05) is 19.9 Å². The molecule has 26 heavy (non-hydrogen) atoms. The van der Waals surface area contributed by atoms with Crippen LogP contribution in [0, 0.1) is 5.82 Å². The fraction of sp³-hybridized carbons (Fsp3) is 0.167. The average molecular weight is 371 g/mol. The first-order valence-electron chi connectivity index (χ1n) is 7.87.